The number of nitrogens with one attached hydrogen (secondary N) is 2. The molecule has 1 amide bonds. The molecule has 0 fully saturated rings. The van der Waals surface area contributed by atoms with Crippen LogP contribution in [-0.2, 0) is 14.8 Å². The Morgan fingerprint density at radius 1 is 1.07 bits per heavy atom. The molecule has 0 heterocycles. The van der Waals surface area contributed by atoms with Crippen molar-refractivity contribution >= 4 is 27.6 Å². The Labute approximate surface area is 165 Å². The number of carbonyl (C=O) groups is 2. The molecule has 0 atom stereocenters. The van der Waals surface area contributed by atoms with Gasteiger partial charge < -0.3 is 10.1 Å². The van der Waals surface area contributed by atoms with Crippen molar-refractivity contribution in [2.75, 3.05) is 11.3 Å². The van der Waals surface area contributed by atoms with Crippen LogP contribution in [-0.4, -0.2) is 32.9 Å². The molecule has 28 heavy (non-hydrogen) atoms. The van der Waals surface area contributed by atoms with E-state index in [1.807, 2.05) is 13.8 Å². The molecule has 2 aromatic carbocycles. The molecule has 0 aliphatic carbocycles. The maximum absolute atomic E-state index is 12.7. The van der Waals surface area contributed by atoms with Gasteiger partial charge in [0, 0.05) is 17.3 Å². The van der Waals surface area contributed by atoms with Crippen molar-refractivity contribution in [3.8, 4) is 0 Å². The van der Waals surface area contributed by atoms with E-state index < -0.39 is 16.0 Å². The summed E-state index contributed by atoms with van der Waals surface area (Å²) >= 11 is 0. The van der Waals surface area contributed by atoms with E-state index in [4.69, 9.17) is 4.74 Å². The molecule has 8 heteroatoms. The minimum Gasteiger partial charge on any atom is -0.462 e. The Morgan fingerprint density at radius 3 is 2.29 bits per heavy atom. The molecule has 0 saturated carbocycles. The zero-order valence-electron chi connectivity index (χ0n) is 16.3. The van der Waals surface area contributed by atoms with Crippen molar-refractivity contribution in [1.29, 1.82) is 0 Å². The summed E-state index contributed by atoms with van der Waals surface area (Å²) in [4.78, 5) is 23.9. The van der Waals surface area contributed by atoms with Gasteiger partial charge in [0.25, 0.3) is 15.9 Å². The Hall–Kier alpha value is -2.87. The lowest BCUT2D eigenvalue weighted by Crippen LogP contribution is -2.30. The first-order valence-corrected chi connectivity index (χ1v) is 10.3. The van der Waals surface area contributed by atoms with Gasteiger partial charge in [-0.2, -0.15) is 0 Å². The smallest absolute Gasteiger partial charge is 0.338 e. The number of benzene rings is 2. The van der Waals surface area contributed by atoms with Crippen LogP contribution >= 0.6 is 0 Å². The fourth-order valence-corrected chi connectivity index (χ4v) is 3.54. The van der Waals surface area contributed by atoms with E-state index in [0.717, 1.165) is 0 Å². The molecule has 150 valence electrons. The fraction of sp³-hybridized carbons (Fsp3) is 0.300. The van der Waals surface area contributed by atoms with Gasteiger partial charge in [0.2, 0.25) is 0 Å². The van der Waals surface area contributed by atoms with Crippen LogP contribution in [0.3, 0.4) is 0 Å². The molecule has 0 spiro atoms. The lowest BCUT2D eigenvalue weighted by molar-refractivity contribution is 0.0526. The summed E-state index contributed by atoms with van der Waals surface area (Å²) < 4.78 is 32.7. The number of sulfonamides is 1. The number of aryl methyl sites for hydroxylation is 1. The number of hydrogen-bond acceptors (Lipinski definition) is 5. The predicted octanol–water partition coefficient (Wildman–Crippen LogP) is 3.11. The lowest BCUT2D eigenvalue weighted by Gasteiger charge is -2.13. The van der Waals surface area contributed by atoms with Crippen LogP contribution in [0, 0.1) is 6.92 Å². The third kappa shape index (κ3) is 5.32. The van der Waals surface area contributed by atoms with E-state index >= 15 is 0 Å². The van der Waals surface area contributed by atoms with E-state index in [-0.39, 0.29) is 23.5 Å². The van der Waals surface area contributed by atoms with Crippen LogP contribution in [0.25, 0.3) is 0 Å². The van der Waals surface area contributed by atoms with Crippen LogP contribution in [0.1, 0.15) is 47.1 Å². The first kappa shape index (κ1) is 21.4. The summed E-state index contributed by atoms with van der Waals surface area (Å²) in [5.74, 6) is -0.806. The minimum atomic E-state index is -3.90. The van der Waals surface area contributed by atoms with Crippen molar-refractivity contribution in [2.45, 2.75) is 38.6 Å². The molecule has 0 aromatic heterocycles. The SMILES string of the molecule is CCOC(=O)c1ccc(NS(=O)(=O)c2ccc(C)c(C(=O)NC(C)C)c2)cc1. The summed E-state index contributed by atoms with van der Waals surface area (Å²) in [5, 5.41) is 2.76. The monoisotopic (exact) mass is 404 g/mol. The van der Waals surface area contributed by atoms with Crippen LogP contribution in [0.2, 0.25) is 0 Å². The van der Waals surface area contributed by atoms with Gasteiger partial charge in [0.15, 0.2) is 0 Å². The molecule has 0 unspecified atom stereocenters. The van der Waals surface area contributed by atoms with E-state index in [9.17, 15) is 18.0 Å². The highest BCUT2D eigenvalue weighted by atomic mass is 32.2. The number of hydrogen-bond donors (Lipinski definition) is 2. The van der Waals surface area contributed by atoms with Crippen LogP contribution < -0.4 is 10.0 Å². The average molecular weight is 404 g/mol. The second-order valence-corrected chi connectivity index (χ2v) is 8.19. The standard InChI is InChI=1S/C20H24N2O5S/c1-5-27-20(24)15-7-9-16(10-8-15)22-28(25,26)17-11-6-14(4)18(12-17)19(23)21-13(2)3/h6-13,22H,5H2,1-4H3,(H,21,23). The van der Waals surface area contributed by atoms with Gasteiger partial charge in [-0.3, -0.25) is 9.52 Å². The van der Waals surface area contributed by atoms with Crippen LogP contribution in [0.15, 0.2) is 47.4 Å². The quantitative estimate of drug-likeness (QED) is 0.691. The Morgan fingerprint density at radius 2 is 1.71 bits per heavy atom. The molecule has 2 aromatic rings. The van der Waals surface area contributed by atoms with Crippen molar-refractivity contribution in [2.24, 2.45) is 0 Å². The number of amides is 1. The molecule has 0 aliphatic rings. The van der Waals surface area contributed by atoms with Gasteiger partial charge in [-0.05, 0) is 69.7 Å². The number of rotatable bonds is 7. The minimum absolute atomic E-state index is 0.0264. The summed E-state index contributed by atoms with van der Waals surface area (Å²) in [7, 11) is -3.90. The van der Waals surface area contributed by atoms with Gasteiger partial charge in [-0.25, -0.2) is 13.2 Å². The lowest BCUT2D eigenvalue weighted by atomic mass is 10.1. The molecule has 2 N–H and O–H groups in total. The fourth-order valence-electron chi connectivity index (χ4n) is 2.46. The van der Waals surface area contributed by atoms with E-state index in [1.165, 1.54) is 36.4 Å². The second kappa shape index (κ2) is 8.88. The van der Waals surface area contributed by atoms with Gasteiger partial charge in [0.05, 0.1) is 17.1 Å². The molecule has 2 rings (SSSR count). The van der Waals surface area contributed by atoms with Crippen LogP contribution in [0.4, 0.5) is 5.69 Å². The molecule has 0 bridgehead atoms. The molecule has 0 radical (unpaired) electrons. The van der Waals surface area contributed by atoms with E-state index in [0.29, 0.717) is 22.4 Å². The molecular weight excluding hydrogens is 380 g/mol. The van der Waals surface area contributed by atoms with E-state index in [2.05, 4.69) is 10.0 Å². The zero-order valence-corrected chi connectivity index (χ0v) is 17.1. The summed E-state index contributed by atoms with van der Waals surface area (Å²) in [6.07, 6.45) is 0. The Kier molecular flexibility index (Phi) is 6.80. The zero-order chi connectivity index (χ0) is 20.9. The van der Waals surface area contributed by atoms with Crippen molar-refractivity contribution in [1.82, 2.24) is 5.32 Å². The second-order valence-electron chi connectivity index (χ2n) is 6.51. The summed E-state index contributed by atoms with van der Waals surface area (Å²) in [6.45, 7) is 7.36. The number of anilines is 1. The van der Waals surface area contributed by atoms with Crippen LogP contribution in [0.5, 0.6) is 0 Å². The van der Waals surface area contributed by atoms with Gasteiger partial charge in [-0.15, -0.1) is 0 Å². The third-order valence-electron chi connectivity index (χ3n) is 3.83. The average Bonchev–Trinajstić information content (AvgIpc) is 2.61. The highest BCUT2D eigenvalue weighted by Crippen LogP contribution is 2.20. The summed E-state index contributed by atoms with van der Waals surface area (Å²) in [5.41, 5.74) is 1.60. The first-order valence-electron chi connectivity index (χ1n) is 8.85. The molecule has 7 nitrogen and oxygen atoms in total. The number of carbonyl (C=O) groups excluding carboxylic acids is 2. The topological polar surface area (TPSA) is 102 Å². The third-order valence-corrected chi connectivity index (χ3v) is 5.21. The predicted molar refractivity (Wildman–Crippen MR) is 107 cm³/mol. The van der Waals surface area contributed by atoms with Gasteiger partial charge in [-0.1, -0.05) is 6.07 Å². The van der Waals surface area contributed by atoms with Crippen molar-refractivity contribution in [3.05, 3.63) is 59.2 Å². The molecule has 0 aliphatic heterocycles. The number of ether oxygens (including phenoxy) is 1. The normalized spacial score (nSPS) is 11.2. The molecule has 0 saturated heterocycles. The van der Waals surface area contributed by atoms with Gasteiger partial charge >= 0.3 is 5.97 Å². The van der Waals surface area contributed by atoms with Gasteiger partial charge in [0.1, 0.15) is 0 Å². The Bertz CT molecular complexity index is 967. The maximum Gasteiger partial charge on any atom is 0.338 e. The highest BCUT2D eigenvalue weighted by Gasteiger charge is 2.19. The maximum atomic E-state index is 12.7. The van der Waals surface area contributed by atoms with Crippen molar-refractivity contribution in [3.63, 3.8) is 0 Å². The molecular formula is C20H24N2O5S. The first-order chi connectivity index (χ1) is 13.1. The van der Waals surface area contributed by atoms with E-state index in [1.54, 1.807) is 19.9 Å². The summed E-state index contributed by atoms with van der Waals surface area (Å²) in [6, 6.07) is 10.2. The largest absolute Gasteiger partial charge is 0.462 e. The number of esters is 1. The highest BCUT2D eigenvalue weighted by molar-refractivity contribution is 7.92. The van der Waals surface area contributed by atoms with Crippen molar-refractivity contribution < 1.29 is 22.7 Å². The Balaban J connectivity index is 2.25.